The van der Waals surface area contributed by atoms with Crippen LogP contribution in [0.2, 0.25) is 0 Å². The number of thioether (sulfide) groups is 1. The molecule has 2 heterocycles. The van der Waals surface area contributed by atoms with Crippen LogP contribution in [0.5, 0.6) is 0 Å². The van der Waals surface area contributed by atoms with E-state index in [-0.39, 0.29) is 17.3 Å². The molecule has 0 fully saturated rings. The van der Waals surface area contributed by atoms with Crippen molar-refractivity contribution in [3.05, 3.63) is 20.8 Å². The van der Waals surface area contributed by atoms with Crippen molar-refractivity contribution in [2.45, 2.75) is 51.7 Å². The van der Waals surface area contributed by atoms with E-state index < -0.39 is 0 Å². The zero-order valence-electron chi connectivity index (χ0n) is 14.3. The van der Waals surface area contributed by atoms with Crippen molar-refractivity contribution in [1.29, 1.82) is 0 Å². The zero-order chi connectivity index (χ0) is 17.3. The summed E-state index contributed by atoms with van der Waals surface area (Å²) in [6.45, 7) is 6.89. The van der Waals surface area contributed by atoms with Gasteiger partial charge in [-0.25, -0.2) is 4.98 Å². The maximum atomic E-state index is 13.0. The van der Waals surface area contributed by atoms with Gasteiger partial charge in [-0.15, -0.1) is 11.3 Å². The average molecular weight is 367 g/mol. The van der Waals surface area contributed by atoms with Gasteiger partial charge in [-0.3, -0.25) is 14.2 Å². The molecule has 2 aromatic heterocycles. The highest BCUT2D eigenvalue weighted by Crippen LogP contribution is 2.36. The van der Waals surface area contributed by atoms with Gasteiger partial charge in [-0.05, 0) is 44.6 Å². The number of rotatable bonds is 5. The van der Waals surface area contributed by atoms with Crippen molar-refractivity contribution in [3.63, 3.8) is 0 Å². The Balaban J connectivity index is 2.02. The number of ether oxygens (including phenoxy) is 1. The Morgan fingerprint density at radius 2 is 2.25 bits per heavy atom. The number of hydrogen-bond acceptors (Lipinski definition) is 6. The number of carbonyl (C=O) groups is 1. The molecule has 0 radical (unpaired) electrons. The van der Waals surface area contributed by atoms with Gasteiger partial charge in [0.05, 0.1) is 17.7 Å². The van der Waals surface area contributed by atoms with Crippen LogP contribution in [0.15, 0.2) is 9.95 Å². The highest BCUT2D eigenvalue weighted by Gasteiger charge is 2.24. The second-order valence-corrected chi connectivity index (χ2v) is 8.10. The topological polar surface area (TPSA) is 61.2 Å². The molecule has 24 heavy (non-hydrogen) atoms. The standard InChI is InChI=1S/C17H22N2O3S2/c1-4-19-16(21)14-11-7-6-10(3)8-12(11)24-15(14)18-17(19)23-9-13(20)22-5-2/h10H,4-9H2,1-3H3/t10-/m1/s1. The van der Waals surface area contributed by atoms with E-state index in [4.69, 9.17) is 9.72 Å². The second-order valence-electron chi connectivity index (χ2n) is 6.07. The van der Waals surface area contributed by atoms with E-state index in [0.29, 0.717) is 24.2 Å². The molecule has 0 aliphatic heterocycles. The fourth-order valence-electron chi connectivity index (χ4n) is 3.12. The number of carbonyl (C=O) groups excluding carboxylic acids is 1. The van der Waals surface area contributed by atoms with Crippen molar-refractivity contribution >= 4 is 39.3 Å². The van der Waals surface area contributed by atoms with Gasteiger partial charge < -0.3 is 4.74 Å². The minimum atomic E-state index is -0.279. The van der Waals surface area contributed by atoms with Crippen molar-refractivity contribution in [2.75, 3.05) is 12.4 Å². The summed E-state index contributed by atoms with van der Waals surface area (Å²) < 4.78 is 6.64. The summed E-state index contributed by atoms with van der Waals surface area (Å²) in [5.74, 6) is 0.559. The Morgan fingerprint density at radius 3 is 2.96 bits per heavy atom. The Kier molecular flexibility index (Phi) is 5.30. The van der Waals surface area contributed by atoms with Crippen LogP contribution < -0.4 is 5.56 Å². The van der Waals surface area contributed by atoms with E-state index in [1.807, 2.05) is 6.92 Å². The summed E-state index contributed by atoms with van der Waals surface area (Å²) in [5, 5.41) is 1.40. The molecular weight excluding hydrogens is 344 g/mol. The Labute approximate surface area is 149 Å². The van der Waals surface area contributed by atoms with Crippen LogP contribution in [0.1, 0.15) is 37.6 Å². The molecule has 0 N–H and O–H groups in total. The molecule has 0 amide bonds. The molecule has 1 aliphatic rings. The van der Waals surface area contributed by atoms with Crippen molar-refractivity contribution in [1.82, 2.24) is 9.55 Å². The van der Waals surface area contributed by atoms with Gasteiger partial charge in [-0.1, -0.05) is 18.7 Å². The average Bonchev–Trinajstić information content (AvgIpc) is 2.90. The van der Waals surface area contributed by atoms with E-state index in [0.717, 1.165) is 29.5 Å². The highest BCUT2D eigenvalue weighted by molar-refractivity contribution is 7.99. The van der Waals surface area contributed by atoms with Crippen LogP contribution in [-0.4, -0.2) is 27.9 Å². The van der Waals surface area contributed by atoms with Gasteiger partial charge in [0.15, 0.2) is 5.16 Å². The van der Waals surface area contributed by atoms with Crippen molar-refractivity contribution < 1.29 is 9.53 Å². The third kappa shape index (κ3) is 3.24. The minimum Gasteiger partial charge on any atom is -0.465 e. The van der Waals surface area contributed by atoms with Gasteiger partial charge in [-0.2, -0.15) is 0 Å². The number of thiophene rings is 1. The highest BCUT2D eigenvalue weighted by atomic mass is 32.2. The molecule has 0 aromatic carbocycles. The van der Waals surface area contributed by atoms with Gasteiger partial charge in [0.25, 0.3) is 5.56 Å². The molecule has 0 unspecified atom stereocenters. The van der Waals surface area contributed by atoms with Gasteiger partial charge >= 0.3 is 5.97 Å². The lowest BCUT2D eigenvalue weighted by Crippen LogP contribution is -2.23. The summed E-state index contributed by atoms with van der Waals surface area (Å²) >= 11 is 2.92. The maximum absolute atomic E-state index is 13.0. The van der Waals surface area contributed by atoms with Crippen molar-refractivity contribution in [2.24, 2.45) is 5.92 Å². The van der Waals surface area contributed by atoms with Crippen molar-refractivity contribution in [3.8, 4) is 0 Å². The molecular formula is C17H22N2O3S2. The number of hydrogen-bond donors (Lipinski definition) is 0. The van der Waals surface area contributed by atoms with Crippen LogP contribution in [0.4, 0.5) is 0 Å². The monoisotopic (exact) mass is 366 g/mol. The fraction of sp³-hybridized carbons (Fsp3) is 0.588. The van der Waals surface area contributed by atoms with E-state index >= 15 is 0 Å². The van der Waals surface area contributed by atoms with Gasteiger partial charge in [0.1, 0.15) is 4.83 Å². The molecule has 130 valence electrons. The minimum absolute atomic E-state index is 0.0286. The molecule has 2 aromatic rings. The summed E-state index contributed by atoms with van der Waals surface area (Å²) in [6, 6.07) is 0. The number of aryl methyl sites for hydroxylation is 1. The lowest BCUT2D eigenvalue weighted by atomic mass is 9.89. The lowest BCUT2D eigenvalue weighted by molar-refractivity contribution is -0.139. The molecule has 0 bridgehead atoms. The zero-order valence-corrected chi connectivity index (χ0v) is 15.9. The number of esters is 1. The normalized spacial score (nSPS) is 17.0. The summed E-state index contributed by atoms with van der Waals surface area (Å²) in [6.07, 6.45) is 3.13. The van der Waals surface area contributed by atoms with Gasteiger partial charge in [0.2, 0.25) is 0 Å². The smallest absolute Gasteiger partial charge is 0.316 e. The quantitative estimate of drug-likeness (QED) is 0.462. The molecule has 3 rings (SSSR count). The predicted octanol–water partition coefficient (Wildman–Crippen LogP) is 3.26. The fourth-order valence-corrected chi connectivity index (χ4v) is 5.40. The Morgan fingerprint density at radius 1 is 1.46 bits per heavy atom. The van der Waals surface area contributed by atoms with Crippen LogP contribution in [0.25, 0.3) is 10.2 Å². The van der Waals surface area contributed by atoms with Crippen LogP contribution in [0, 0.1) is 5.92 Å². The van der Waals surface area contributed by atoms with E-state index in [1.165, 1.54) is 22.2 Å². The first kappa shape index (κ1) is 17.5. The SMILES string of the molecule is CCOC(=O)CSc1nc2sc3c(c2c(=O)n1CC)CC[C@@H](C)C3. The molecule has 1 aliphatic carbocycles. The van der Waals surface area contributed by atoms with E-state index in [2.05, 4.69) is 6.92 Å². The van der Waals surface area contributed by atoms with Crippen LogP contribution in [0.3, 0.4) is 0 Å². The third-order valence-electron chi connectivity index (χ3n) is 4.32. The van der Waals surface area contributed by atoms with Crippen LogP contribution in [-0.2, 0) is 28.9 Å². The third-order valence-corrected chi connectivity index (χ3v) is 6.42. The van der Waals surface area contributed by atoms with Gasteiger partial charge in [0, 0.05) is 11.4 Å². The first-order valence-corrected chi connectivity index (χ1v) is 10.2. The van der Waals surface area contributed by atoms with E-state index in [1.54, 1.807) is 22.8 Å². The molecule has 1 atom stereocenters. The Bertz CT molecular complexity index is 825. The first-order valence-electron chi connectivity index (χ1n) is 8.38. The largest absolute Gasteiger partial charge is 0.465 e. The number of nitrogens with zero attached hydrogens (tertiary/aromatic N) is 2. The predicted molar refractivity (Wildman–Crippen MR) is 98.1 cm³/mol. The maximum Gasteiger partial charge on any atom is 0.316 e. The van der Waals surface area contributed by atoms with E-state index in [9.17, 15) is 9.59 Å². The number of fused-ring (bicyclic) bond motifs is 3. The molecule has 5 nitrogen and oxygen atoms in total. The first-order chi connectivity index (χ1) is 11.5. The summed E-state index contributed by atoms with van der Waals surface area (Å²) in [4.78, 5) is 31.4. The summed E-state index contributed by atoms with van der Waals surface area (Å²) in [5.41, 5.74) is 1.23. The van der Waals surface area contributed by atoms with Crippen LogP contribution >= 0.6 is 23.1 Å². The molecule has 0 spiro atoms. The molecule has 0 saturated carbocycles. The lowest BCUT2D eigenvalue weighted by Gasteiger charge is -2.17. The summed E-state index contributed by atoms with van der Waals surface area (Å²) in [7, 11) is 0. The molecule has 0 saturated heterocycles. The number of aromatic nitrogens is 2. The second kappa shape index (κ2) is 7.27. The Hall–Kier alpha value is -1.34. The molecule has 7 heteroatoms.